The third kappa shape index (κ3) is 8.94. The average molecular weight is 1060 g/mol. The average Bonchev–Trinajstić information content (AvgIpc) is 4.03. The van der Waals surface area contributed by atoms with Gasteiger partial charge in [0.05, 0.1) is 0 Å². The maximum atomic E-state index is 5.48. The molecule has 0 radical (unpaired) electrons. The van der Waals surface area contributed by atoms with Crippen LogP contribution in [0.5, 0.6) is 0 Å². The molecule has 4 nitrogen and oxygen atoms in total. The summed E-state index contributed by atoms with van der Waals surface area (Å²) in [6.07, 6.45) is 0. The van der Waals surface area contributed by atoms with Crippen LogP contribution >= 0.6 is 0 Å². The zero-order valence-electron chi connectivity index (χ0n) is 44.2. The summed E-state index contributed by atoms with van der Waals surface area (Å²) in [7, 11) is 0. The van der Waals surface area contributed by atoms with E-state index in [0.717, 1.165) is 55.7 Å². The first kappa shape index (κ1) is 48.4. The minimum Gasteiger partial charge on any atom is -0.0514 e. The van der Waals surface area contributed by atoms with Crippen LogP contribution in [-0.4, -0.2) is 32.8 Å². The molecule has 0 bridgehead atoms. The normalized spacial score (nSPS) is 11.6. The van der Waals surface area contributed by atoms with Crippen LogP contribution in [-0.2, 0) is 0 Å². The molecule has 0 unspecified atom stereocenters. The fourth-order valence-corrected chi connectivity index (χ4v) is 22.0. The Morgan fingerprint density at radius 2 is 0.628 bits per heavy atom. The first-order valence-corrected chi connectivity index (χ1v) is 31.0. The van der Waals surface area contributed by atoms with Crippen LogP contribution in [0.3, 0.4) is 0 Å². The monoisotopic (exact) mass is 1060 g/mol. The minimum absolute atomic E-state index is 0.589. The molecule has 0 amide bonds. The van der Waals surface area contributed by atoms with E-state index in [1.165, 1.54) is 61.7 Å². The van der Waals surface area contributed by atoms with Gasteiger partial charge in [0.15, 0.2) is 0 Å². The van der Waals surface area contributed by atoms with Gasteiger partial charge in [-0.1, -0.05) is 70.8 Å². The van der Waals surface area contributed by atoms with Crippen molar-refractivity contribution in [2.45, 2.75) is 27.7 Å². The predicted octanol–water partition coefficient (Wildman–Crippen LogP) is 15.6. The second-order valence-corrected chi connectivity index (χ2v) is 28.7. The minimum atomic E-state index is -3.65. The van der Waals surface area contributed by atoms with Crippen molar-refractivity contribution in [2.24, 2.45) is 0 Å². The van der Waals surface area contributed by atoms with E-state index in [0.29, 0.717) is 17.5 Å². The van der Waals surface area contributed by atoms with Crippen molar-refractivity contribution in [3.63, 3.8) is 0 Å². The van der Waals surface area contributed by atoms with Gasteiger partial charge in [0.2, 0.25) is 0 Å². The molecule has 0 aliphatic heterocycles. The van der Waals surface area contributed by atoms with E-state index in [2.05, 4.69) is 263 Å². The fourth-order valence-electron chi connectivity index (χ4n) is 11.9. The maximum absolute atomic E-state index is 5.48. The number of benzene rings is 11. The summed E-state index contributed by atoms with van der Waals surface area (Å²) in [4.78, 5) is 16.2. The molecule has 0 spiro atoms. The van der Waals surface area contributed by atoms with Gasteiger partial charge in [0, 0.05) is 0 Å². The summed E-state index contributed by atoms with van der Waals surface area (Å²) in [6, 6.07) is 98.1. The molecular weight excluding hydrogens is 1010 g/mol. The van der Waals surface area contributed by atoms with Crippen LogP contribution in [0.2, 0.25) is 0 Å². The molecule has 0 N–H and O–H groups in total. The number of hydrogen-bond donors (Lipinski definition) is 0. The van der Waals surface area contributed by atoms with Gasteiger partial charge in [0.1, 0.15) is 0 Å². The van der Waals surface area contributed by atoms with Crippen molar-refractivity contribution >= 4 is 52.7 Å². The summed E-state index contributed by atoms with van der Waals surface area (Å²) < 4.78 is 7.94. The Morgan fingerprint density at radius 1 is 0.269 bits per heavy atom. The second kappa shape index (κ2) is 20.4. The summed E-state index contributed by atoms with van der Waals surface area (Å²) in [6.45, 7) is 8.72. The number of nitrogens with zero attached hydrogens (tertiary/aromatic N) is 4. The zero-order chi connectivity index (χ0) is 52.7. The molecule has 13 aromatic rings. The van der Waals surface area contributed by atoms with Crippen molar-refractivity contribution in [3.8, 4) is 73.2 Å². The van der Waals surface area contributed by atoms with Crippen molar-refractivity contribution in [1.29, 1.82) is 0 Å². The second-order valence-electron chi connectivity index (χ2n) is 20.8. The van der Waals surface area contributed by atoms with Crippen LogP contribution < -0.4 is 17.6 Å². The molecule has 5 heteroatoms. The van der Waals surface area contributed by atoms with Crippen LogP contribution in [0, 0.1) is 27.7 Å². The molecule has 0 atom stereocenters. The van der Waals surface area contributed by atoms with Gasteiger partial charge >= 0.3 is 364 Å². The fraction of sp³-hybridized carbons (Fsp3) is 0.0548. The summed E-state index contributed by atoms with van der Waals surface area (Å²) in [5, 5.41) is 2.34. The molecule has 0 aliphatic rings. The summed E-state index contributed by atoms with van der Waals surface area (Å²) in [5.41, 5.74) is 17.7. The molecule has 0 aliphatic carbocycles. The van der Waals surface area contributed by atoms with Crippen LogP contribution in [0.25, 0.3) is 95.0 Å². The Balaban J connectivity index is 1.11. The molecular formula is C73H56GeN4. The van der Waals surface area contributed by atoms with E-state index in [-0.39, 0.29) is 0 Å². The number of aromatic nitrogens is 4. The van der Waals surface area contributed by atoms with E-state index in [1.807, 2.05) is 36.4 Å². The Hall–Kier alpha value is -9.23. The number of fused-ring (bicyclic) bond motifs is 3. The van der Waals surface area contributed by atoms with Crippen LogP contribution in [0.4, 0.5) is 0 Å². The Morgan fingerprint density at radius 3 is 1.08 bits per heavy atom. The summed E-state index contributed by atoms with van der Waals surface area (Å²) >= 11 is -3.65. The molecule has 11 aromatic carbocycles. The van der Waals surface area contributed by atoms with Crippen LogP contribution in [0.15, 0.2) is 267 Å². The first-order valence-electron chi connectivity index (χ1n) is 26.8. The van der Waals surface area contributed by atoms with Gasteiger partial charge in [-0.05, 0) is 27.7 Å². The number of rotatable bonds is 11. The third-order valence-corrected chi connectivity index (χ3v) is 25.3. The smallest absolute Gasteiger partial charge is 0.0514 e. The molecule has 2 aromatic heterocycles. The zero-order valence-corrected chi connectivity index (χ0v) is 46.3. The van der Waals surface area contributed by atoms with Gasteiger partial charge in [-0.2, -0.15) is 0 Å². The predicted molar refractivity (Wildman–Crippen MR) is 329 cm³/mol. The first-order chi connectivity index (χ1) is 38.3. The van der Waals surface area contributed by atoms with Gasteiger partial charge in [0.25, 0.3) is 0 Å². The quantitative estimate of drug-likeness (QED) is 0.121. The number of hydrogen-bond acceptors (Lipinski definition) is 3. The van der Waals surface area contributed by atoms with Gasteiger partial charge in [-0.3, -0.25) is 0 Å². The largest absolute Gasteiger partial charge is 0.0514 e. The third-order valence-electron chi connectivity index (χ3n) is 15.3. The van der Waals surface area contributed by atoms with Crippen molar-refractivity contribution in [1.82, 2.24) is 19.5 Å². The van der Waals surface area contributed by atoms with Crippen molar-refractivity contribution < 1.29 is 0 Å². The summed E-state index contributed by atoms with van der Waals surface area (Å²) in [5.74, 6) is 1.81. The SMILES string of the molecule is Cc1cc(C)cc(-c2ccc3c4ccc(-c5cc(C)cc(C)c5)cc4n(-c4ccc(-c5ccc[c]([Ge]([c]6ccccc6)([c]6ccccc6)[c]6ccccc6)c5)cc4-c4nc(-c5ccccc5)nc(-c5ccccc5)n4)c3c2)c1. The maximum Gasteiger partial charge on any atom is -0.0514 e. The molecule has 0 saturated carbocycles. The van der Waals surface area contributed by atoms with E-state index >= 15 is 0 Å². The molecule has 13 rings (SSSR count). The topological polar surface area (TPSA) is 43.6 Å². The van der Waals surface area contributed by atoms with Gasteiger partial charge in [-0.25, -0.2) is 0 Å². The van der Waals surface area contributed by atoms with Crippen molar-refractivity contribution in [3.05, 3.63) is 289 Å². The van der Waals surface area contributed by atoms with E-state index < -0.39 is 13.3 Å². The van der Waals surface area contributed by atoms with E-state index in [4.69, 9.17) is 15.0 Å². The molecule has 0 saturated heterocycles. The van der Waals surface area contributed by atoms with Crippen LogP contribution in [0.1, 0.15) is 22.3 Å². The Labute approximate surface area is 459 Å². The molecule has 78 heavy (non-hydrogen) atoms. The van der Waals surface area contributed by atoms with Gasteiger partial charge < -0.3 is 0 Å². The standard InChI is InChI=1S/C73H56GeN4/c1-49-39-50(2)42-59(41-49)57-33-36-65-66-37-34-58(60-43-51(3)40-52(4)44-60)48-70(66)78(69(65)47-57)68-38-35-56(46-67(68)73-76-71(53-21-10-5-11-22-53)75-72(77-73)54-23-12-6-13-24-54)55-25-20-32-64(45-55)74(61-26-14-7-15-27-61,62-28-16-8-17-29-62)63-30-18-9-19-31-63/h5-48H,1-4H3. The van der Waals surface area contributed by atoms with E-state index in [1.54, 1.807) is 0 Å². The number of aryl methyl sites for hydroxylation is 4. The molecule has 2 heterocycles. The van der Waals surface area contributed by atoms with Crippen molar-refractivity contribution in [2.75, 3.05) is 0 Å². The molecule has 372 valence electrons. The van der Waals surface area contributed by atoms with Gasteiger partial charge in [-0.15, -0.1) is 0 Å². The Kier molecular flexibility index (Phi) is 12.6. The molecule has 0 fully saturated rings. The Bertz CT molecular complexity index is 4040. The van der Waals surface area contributed by atoms with E-state index in [9.17, 15) is 0 Å².